The lowest BCUT2D eigenvalue weighted by atomic mass is 9.92. The number of hydrogen-bond donors (Lipinski definition) is 0. The molecule has 0 unspecified atom stereocenters. The third-order valence-electron chi connectivity index (χ3n) is 4.84. The number of imide groups is 1. The number of carbonyl (C=O) groups is 4. The highest BCUT2D eigenvalue weighted by Crippen LogP contribution is 2.41. The van der Waals surface area contributed by atoms with Crippen molar-refractivity contribution >= 4 is 50.9 Å². The number of esters is 1. The van der Waals surface area contributed by atoms with E-state index in [4.69, 9.17) is 4.74 Å². The maximum absolute atomic E-state index is 13.3. The fourth-order valence-electron chi connectivity index (χ4n) is 3.76. The number of fused-ring (bicyclic) bond motifs is 1. The number of ketones is 1. The number of carbonyl (C=O) groups excluding carboxylic acids is 4. The molecule has 148 valence electrons. The van der Waals surface area contributed by atoms with E-state index in [1.165, 1.54) is 19.0 Å². The van der Waals surface area contributed by atoms with Gasteiger partial charge >= 0.3 is 5.97 Å². The summed E-state index contributed by atoms with van der Waals surface area (Å²) < 4.78 is 5.35. The number of benzene rings is 1. The number of halogens is 1. The Labute approximate surface area is 170 Å². The average Bonchev–Trinajstić information content (AvgIpc) is 3.12. The number of hydrazone groups is 1. The number of hydrogen-bond acceptors (Lipinski definition) is 7. The fourth-order valence-corrected chi connectivity index (χ4v) is 4.22. The molecule has 0 aliphatic carbocycles. The number of Topliss-reactive ketones (excluding diaryl/α,β-unsaturated/α-hetero) is 1. The van der Waals surface area contributed by atoms with Gasteiger partial charge in [0.25, 0.3) is 5.91 Å². The summed E-state index contributed by atoms with van der Waals surface area (Å²) in [5.74, 6) is -3.00. The number of methoxy groups -OCH3 is 1. The van der Waals surface area contributed by atoms with Crippen LogP contribution < -0.4 is 4.90 Å². The Hall–Kier alpha value is -2.55. The summed E-state index contributed by atoms with van der Waals surface area (Å²) in [6.07, 6.45) is 0.102. The van der Waals surface area contributed by atoms with Gasteiger partial charge in [-0.05, 0) is 48.8 Å². The van der Waals surface area contributed by atoms with Crippen LogP contribution in [0.15, 0.2) is 33.8 Å². The third-order valence-corrected chi connectivity index (χ3v) is 5.51. The molecule has 2 amide bonds. The molecule has 0 bridgehead atoms. The van der Waals surface area contributed by atoms with Gasteiger partial charge in [0, 0.05) is 10.9 Å². The van der Waals surface area contributed by atoms with Crippen LogP contribution in [0.5, 0.6) is 0 Å². The lowest BCUT2D eigenvalue weighted by Crippen LogP contribution is -2.50. The number of nitrogens with zero attached hydrogens (tertiary/aromatic N) is 3. The van der Waals surface area contributed by atoms with E-state index in [0.29, 0.717) is 10.2 Å². The Balaban J connectivity index is 2.10. The first kappa shape index (κ1) is 20.2. The molecule has 2 atom stereocenters. The van der Waals surface area contributed by atoms with E-state index in [2.05, 4.69) is 21.0 Å². The molecular weight excluding hydrogens is 430 g/mol. The topological polar surface area (TPSA) is 96.3 Å². The van der Waals surface area contributed by atoms with E-state index in [1.807, 2.05) is 0 Å². The van der Waals surface area contributed by atoms with Crippen LogP contribution in [-0.2, 0) is 23.9 Å². The summed E-state index contributed by atoms with van der Waals surface area (Å²) in [5.41, 5.74) is -0.609. The summed E-state index contributed by atoms with van der Waals surface area (Å²) in [6.45, 7) is 4.93. The fraction of sp³-hybridized carbons (Fsp3) is 0.421. The van der Waals surface area contributed by atoms with Gasteiger partial charge in [-0.25, -0.2) is 9.69 Å². The van der Waals surface area contributed by atoms with Gasteiger partial charge in [-0.1, -0.05) is 12.1 Å². The first-order chi connectivity index (χ1) is 13.1. The molecule has 9 heteroatoms. The highest BCUT2D eigenvalue weighted by molar-refractivity contribution is 9.10. The van der Waals surface area contributed by atoms with Gasteiger partial charge in [0.05, 0.1) is 18.3 Å². The van der Waals surface area contributed by atoms with Crippen LogP contribution in [0.4, 0.5) is 5.69 Å². The van der Waals surface area contributed by atoms with Gasteiger partial charge < -0.3 is 4.74 Å². The van der Waals surface area contributed by atoms with Crippen molar-refractivity contribution in [3.63, 3.8) is 0 Å². The van der Waals surface area contributed by atoms with Crippen LogP contribution in [-0.4, -0.2) is 53.0 Å². The molecule has 1 aromatic carbocycles. The van der Waals surface area contributed by atoms with E-state index < -0.39 is 35.3 Å². The Kier molecular flexibility index (Phi) is 5.14. The van der Waals surface area contributed by atoms with Crippen LogP contribution in [0.1, 0.15) is 27.2 Å². The highest BCUT2D eigenvalue weighted by Gasteiger charge is 2.61. The second-order valence-electron chi connectivity index (χ2n) is 7.40. The molecule has 28 heavy (non-hydrogen) atoms. The van der Waals surface area contributed by atoms with E-state index in [-0.39, 0.29) is 17.9 Å². The van der Waals surface area contributed by atoms with Crippen molar-refractivity contribution in [3.05, 3.63) is 28.7 Å². The molecule has 0 aromatic heterocycles. The highest BCUT2D eigenvalue weighted by atomic mass is 79.9. The van der Waals surface area contributed by atoms with Gasteiger partial charge in [-0.15, -0.1) is 0 Å². The standard InChI is InChI=1S/C19H20BrN3O5/c1-10(24)9-19(2,3)23-15-13(14(21-23)18(27)28-4)16(25)22(17(15)26)12-8-6-5-7-11(12)20/h5-8,13,15H,9H2,1-4H3/t13-,15+/m1/s1. The van der Waals surface area contributed by atoms with Crippen molar-refractivity contribution in [2.24, 2.45) is 11.0 Å². The van der Waals surface area contributed by atoms with Gasteiger partial charge in [0.2, 0.25) is 5.91 Å². The van der Waals surface area contributed by atoms with Gasteiger partial charge in [0.1, 0.15) is 17.7 Å². The maximum Gasteiger partial charge on any atom is 0.355 e. The minimum absolute atomic E-state index is 0.0947. The number of amides is 2. The second-order valence-corrected chi connectivity index (χ2v) is 8.25. The maximum atomic E-state index is 13.3. The summed E-state index contributed by atoms with van der Waals surface area (Å²) in [6, 6.07) is 5.82. The summed E-state index contributed by atoms with van der Waals surface area (Å²) >= 11 is 3.36. The summed E-state index contributed by atoms with van der Waals surface area (Å²) in [7, 11) is 1.19. The molecule has 1 fully saturated rings. The van der Waals surface area contributed by atoms with Gasteiger partial charge in [-0.3, -0.25) is 19.4 Å². The van der Waals surface area contributed by atoms with Gasteiger partial charge in [0.15, 0.2) is 5.71 Å². The molecule has 0 radical (unpaired) electrons. The zero-order valence-corrected chi connectivity index (χ0v) is 17.5. The van der Waals surface area contributed by atoms with Crippen LogP contribution in [0.3, 0.4) is 0 Å². The largest absolute Gasteiger partial charge is 0.464 e. The molecular formula is C19H20BrN3O5. The van der Waals surface area contributed by atoms with E-state index in [9.17, 15) is 19.2 Å². The van der Waals surface area contributed by atoms with Crippen molar-refractivity contribution in [3.8, 4) is 0 Å². The van der Waals surface area contributed by atoms with Gasteiger partial charge in [-0.2, -0.15) is 5.10 Å². The Bertz CT molecular complexity index is 911. The SMILES string of the molecule is COC(=O)C1=NN(C(C)(C)CC(C)=O)[C@@H]2C(=O)N(c3ccccc3Br)C(=O)[C@H]12. The second kappa shape index (κ2) is 7.12. The molecule has 2 aliphatic heterocycles. The lowest BCUT2D eigenvalue weighted by molar-refractivity contribution is -0.133. The molecule has 1 saturated heterocycles. The molecule has 2 aliphatic rings. The van der Waals surface area contributed by atoms with Crippen molar-refractivity contribution in [1.82, 2.24) is 5.01 Å². The zero-order chi connectivity index (χ0) is 20.8. The molecule has 8 nitrogen and oxygen atoms in total. The molecule has 0 N–H and O–H groups in total. The van der Waals surface area contributed by atoms with E-state index in [1.54, 1.807) is 38.1 Å². The molecule has 1 aromatic rings. The van der Waals surface area contributed by atoms with Crippen molar-refractivity contribution in [2.75, 3.05) is 12.0 Å². The monoisotopic (exact) mass is 449 g/mol. The minimum Gasteiger partial charge on any atom is -0.464 e. The average molecular weight is 450 g/mol. The van der Waals surface area contributed by atoms with Crippen LogP contribution in [0.2, 0.25) is 0 Å². The van der Waals surface area contributed by atoms with E-state index in [0.717, 1.165) is 4.90 Å². The van der Waals surface area contributed by atoms with Crippen molar-refractivity contribution in [1.29, 1.82) is 0 Å². The summed E-state index contributed by atoms with van der Waals surface area (Å²) in [5, 5.41) is 5.67. The number of ether oxygens (including phenoxy) is 1. The number of rotatable bonds is 5. The quantitative estimate of drug-likeness (QED) is 0.503. The lowest BCUT2D eigenvalue weighted by Gasteiger charge is -2.36. The molecule has 2 heterocycles. The smallest absolute Gasteiger partial charge is 0.355 e. The molecule has 3 rings (SSSR count). The van der Waals surface area contributed by atoms with Crippen molar-refractivity contribution in [2.45, 2.75) is 38.8 Å². The summed E-state index contributed by atoms with van der Waals surface area (Å²) in [4.78, 5) is 51.5. The van der Waals surface area contributed by atoms with Crippen LogP contribution >= 0.6 is 15.9 Å². The third kappa shape index (κ3) is 3.13. The van der Waals surface area contributed by atoms with Crippen LogP contribution in [0.25, 0.3) is 0 Å². The normalized spacial score (nSPS) is 21.7. The Morgan fingerprint density at radius 2 is 1.86 bits per heavy atom. The first-order valence-corrected chi connectivity index (χ1v) is 9.47. The van der Waals surface area contributed by atoms with Crippen molar-refractivity contribution < 1.29 is 23.9 Å². The predicted molar refractivity (Wildman–Crippen MR) is 105 cm³/mol. The van der Waals surface area contributed by atoms with Crippen LogP contribution in [0, 0.1) is 5.92 Å². The molecule has 0 saturated carbocycles. The predicted octanol–water partition coefficient (Wildman–Crippen LogP) is 1.91. The number of anilines is 1. The first-order valence-electron chi connectivity index (χ1n) is 8.68. The zero-order valence-electron chi connectivity index (χ0n) is 15.9. The van der Waals surface area contributed by atoms with E-state index >= 15 is 0 Å². The number of para-hydroxylation sites is 1. The Morgan fingerprint density at radius 1 is 1.21 bits per heavy atom. The Morgan fingerprint density at radius 3 is 2.43 bits per heavy atom. The minimum atomic E-state index is -1.08. The molecule has 0 spiro atoms.